The molecule has 0 aromatic carbocycles. The molecule has 1 aliphatic heterocycles. The summed E-state index contributed by atoms with van der Waals surface area (Å²) < 4.78 is 0. The first kappa shape index (κ1) is 14.6. The van der Waals surface area contributed by atoms with Crippen molar-refractivity contribution in [1.82, 2.24) is 15.1 Å². The molecule has 6 nitrogen and oxygen atoms in total. The largest absolute Gasteiger partial charge is 0.369 e. The van der Waals surface area contributed by atoms with E-state index in [2.05, 4.69) is 22.0 Å². The van der Waals surface area contributed by atoms with Crippen molar-refractivity contribution in [1.29, 1.82) is 0 Å². The smallest absolute Gasteiger partial charge is 0.266 e. The topological polar surface area (TPSA) is 69.3 Å². The number of H-pyrrole nitrogens is 1. The zero-order valence-electron chi connectivity index (χ0n) is 12.1. The van der Waals surface area contributed by atoms with Gasteiger partial charge in [-0.15, -0.1) is 0 Å². The van der Waals surface area contributed by atoms with Crippen molar-refractivity contribution >= 4 is 11.6 Å². The molecule has 1 N–H and O–H groups in total. The van der Waals surface area contributed by atoms with Crippen LogP contribution in [0.3, 0.4) is 0 Å². The van der Waals surface area contributed by atoms with Gasteiger partial charge >= 0.3 is 0 Å². The summed E-state index contributed by atoms with van der Waals surface area (Å²) in [4.78, 5) is 27.6. The van der Waals surface area contributed by atoms with Crippen LogP contribution in [0.2, 0.25) is 0 Å². The molecule has 1 amide bonds. The SMILES string of the molecule is CCCN(C)C(=O)C1CCCN(c2cn[nH]c(=O)c2)C1. The Morgan fingerprint density at radius 1 is 1.60 bits per heavy atom. The van der Waals surface area contributed by atoms with Crippen LogP contribution in [0.5, 0.6) is 0 Å². The molecule has 0 saturated carbocycles. The van der Waals surface area contributed by atoms with Crippen molar-refractivity contribution in [3.05, 3.63) is 22.6 Å². The van der Waals surface area contributed by atoms with Crippen LogP contribution < -0.4 is 10.5 Å². The minimum atomic E-state index is -0.209. The van der Waals surface area contributed by atoms with Gasteiger partial charge in [-0.1, -0.05) is 6.92 Å². The number of nitrogens with one attached hydrogen (secondary N) is 1. The maximum absolute atomic E-state index is 12.3. The Bertz CT molecular complexity index is 514. The Hall–Kier alpha value is -1.85. The number of anilines is 1. The Morgan fingerprint density at radius 3 is 3.10 bits per heavy atom. The molecule has 0 radical (unpaired) electrons. The van der Waals surface area contributed by atoms with Crippen LogP contribution in [0.15, 0.2) is 17.1 Å². The lowest BCUT2D eigenvalue weighted by Gasteiger charge is -2.35. The van der Waals surface area contributed by atoms with E-state index < -0.39 is 0 Å². The van der Waals surface area contributed by atoms with Crippen molar-refractivity contribution in [2.24, 2.45) is 5.92 Å². The number of carbonyl (C=O) groups is 1. The molecule has 1 aromatic heterocycles. The van der Waals surface area contributed by atoms with Crippen LogP contribution in [-0.4, -0.2) is 47.7 Å². The quantitative estimate of drug-likeness (QED) is 0.886. The predicted octanol–water partition coefficient (Wildman–Crippen LogP) is 0.855. The lowest BCUT2D eigenvalue weighted by Crippen LogP contribution is -2.44. The van der Waals surface area contributed by atoms with Crippen molar-refractivity contribution in [2.75, 3.05) is 31.6 Å². The fourth-order valence-corrected chi connectivity index (χ4v) is 2.71. The molecule has 1 aliphatic rings. The van der Waals surface area contributed by atoms with Gasteiger partial charge in [0.25, 0.3) is 5.56 Å². The monoisotopic (exact) mass is 278 g/mol. The van der Waals surface area contributed by atoms with E-state index >= 15 is 0 Å². The number of nitrogens with zero attached hydrogens (tertiary/aromatic N) is 3. The third-order valence-corrected chi connectivity index (χ3v) is 3.72. The molecule has 1 unspecified atom stereocenters. The predicted molar refractivity (Wildman–Crippen MR) is 77.7 cm³/mol. The lowest BCUT2D eigenvalue weighted by molar-refractivity contribution is -0.134. The summed E-state index contributed by atoms with van der Waals surface area (Å²) in [5.74, 6) is 0.217. The Balaban J connectivity index is 2.05. The van der Waals surface area contributed by atoms with E-state index in [9.17, 15) is 9.59 Å². The van der Waals surface area contributed by atoms with Crippen LogP contribution in [0.1, 0.15) is 26.2 Å². The molecule has 1 fully saturated rings. The first-order valence-electron chi connectivity index (χ1n) is 7.16. The number of hydrogen-bond donors (Lipinski definition) is 1. The third kappa shape index (κ3) is 3.37. The van der Waals surface area contributed by atoms with Crippen LogP contribution in [0, 0.1) is 5.92 Å². The van der Waals surface area contributed by atoms with Gasteiger partial charge < -0.3 is 9.80 Å². The molecule has 6 heteroatoms. The Morgan fingerprint density at radius 2 is 2.40 bits per heavy atom. The average molecular weight is 278 g/mol. The second-order valence-electron chi connectivity index (χ2n) is 5.35. The van der Waals surface area contributed by atoms with Gasteiger partial charge in [-0.3, -0.25) is 9.59 Å². The van der Waals surface area contributed by atoms with Crippen LogP contribution in [0.25, 0.3) is 0 Å². The van der Waals surface area contributed by atoms with Gasteiger partial charge in [0.05, 0.1) is 17.8 Å². The molecular formula is C14H22N4O2. The van der Waals surface area contributed by atoms with Gasteiger partial charge in [-0.05, 0) is 19.3 Å². The van der Waals surface area contributed by atoms with E-state index in [1.807, 2.05) is 11.9 Å². The highest BCUT2D eigenvalue weighted by Gasteiger charge is 2.28. The molecule has 0 bridgehead atoms. The van der Waals surface area contributed by atoms with Crippen LogP contribution >= 0.6 is 0 Å². The highest BCUT2D eigenvalue weighted by Crippen LogP contribution is 2.22. The molecule has 1 saturated heterocycles. The van der Waals surface area contributed by atoms with Gasteiger partial charge in [-0.2, -0.15) is 5.10 Å². The highest BCUT2D eigenvalue weighted by molar-refractivity contribution is 5.79. The summed E-state index contributed by atoms with van der Waals surface area (Å²) in [5, 5.41) is 6.19. The fourth-order valence-electron chi connectivity index (χ4n) is 2.71. The molecule has 0 spiro atoms. The van der Waals surface area contributed by atoms with Gasteiger partial charge in [-0.25, -0.2) is 5.10 Å². The van der Waals surface area contributed by atoms with Crippen molar-refractivity contribution in [3.63, 3.8) is 0 Å². The standard InChI is InChI=1S/C14H22N4O2/c1-3-6-17(2)14(20)11-5-4-7-18(10-11)12-8-13(19)16-15-9-12/h8-9,11H,3-7,10H2,1-2H3,(H,16,19). The molecule has 2 rings (SSSR count). The molecular weight excluding hydrogens is 256 g/mol. The second-order valence-corrected chi connectivity index (χ2v) is 5.35. The van der Waals surface area contributed by atoms with E-state index in [0.717, 1.165) is 38.0 Å². The number of piperidine rings is 1. The van der Waals surface area contributed by atoms with E-state index in [0.29, 0.717) is 6.54 Å². The van der Waals surface area contributed by atoms with E-state index in [-0.39, 0.29) is 17.4 Å². The molecule has 110 valence electrons. The average Bonchev–Trinajstić information content (AvgIpc) is 2.47. The summed E-state index contributed by atoms with van der Waals surface area (Å²) in [7, 11) is 1.86. The van der Waals surface area contributed by atoms with E-state index in [1.54, 1.807) is 6.20 Å². The lowest BCUT2D eigenvalue weighted by atomic mass is 9.96. The molecule has 20 heavy (non-hydrogen) atoms. The van der Waals surface area contributed by atoms with Gasteiger partial charge in [0.2, 0.25) is 5.91 Å². The van der Waals surface area contributed by atoms with Crippen LogP contribution in [0.4, 0.5) is 5.69 Å². The summed E-state index contributed by atoms with van der Waals surface area (Å²) in [5.41, 5.74) is 0.587. The third-order valence-electron chi connectivity index (χ3n) is 3.72. The number of amides is 1. The number of rotatable bonds is 4. The zero-order valence-corrected chi connectivity index (χ0v) is 12.1. The summed E-state index contributed by atoms with van der Waals surface area (Å²) in [6.45, 7) is 4.39. The minimum Gasteiger partial charge on any atom is -0.369 e. The highest BCUT2D eigenvalue weighted by atomic mass is 16.2. The van der Waals surface area contributed by atoms with Crippen molar-refractivity contribution in [3.8, 4) is 0 Å². The van der Waals surface area contributed by atoms with Gasteiger partial charge in [0.15, 0.2) is 0 Å². The fraction of sp³-hybridized carbons (Fsp3) is 0.643. The zero-order chi connectivity index (χ0) is 14.5. The number of aromatic nitrogens is 2. The number of carbonyl (C=O) groups excluding carboxylic acids is 1. The normalized spacial score (nSPS) is 18.9. The second kappa shape index (κ2) is 6.54. The Labute approximate surface area is 118 Å². The first-order chi connectivity index (χ1) is 9.61. The first-order valence-corrected chi connectivity index (χ1v) is 7.16. The Kier molecular flexibility index (Phi) is 4.76. The summed E-state index contributed by atoms with van der Waals surface area (Å²) >= 11 is 0. The molecule has 2 heterocycles. The number of hydrogen-bond acceptors (Lipinski definition) is 4. The maximum atomic E-state index is 12.3. The number of aromatic amines is 1. The summed E-state index contributed by atoms with van der Waals surface area (Å²) in [6.07, 6.45) is 4.49. The maximum Gasteiger partial charge on any atom is 0.266 e. The molecule has 1 atom stereocenters. The molecule has 1 aromatic rings. The van der Waals surface area contributed by atoms with E-state index in [4.69, 9.17) is 0 Å². The molecule has 0 aliphatic carbocycles. The van der Waals surface area contributed by atoms with Crippen molar-refractivity contribution in [2.45, 2.75) is 26.2 Å². The van der Waals surface area contributed by atoms with Crippen LogP contribution in [-0.2, 0) is 4.79 Å². The minimum absolute atomic E-state index is 0.0135. The van der Waals surface area contributed by atoms with Crippen molar-refractivity contribution < 1.29 is 4.79 Å². The summed E-state index contributed by atoms with van der Waals surface area (Å²) in [6, 6.07) is 1.54. The van der Waals surface area contributed by atoms with Gasteiger partial charge in [0.1, 0.15) is 0 Å². The van der Waals surface area contributed by atoms with E-state index in [1.165, 1.54) is 6.07 Å². The van der Waals surface area contributed by atoms with Gasteiger partial charge in [0, 0.05) is 32.7 Å².